The second kappa shape index (κ2) is 5.95. The molecular weight excluding hydrogens is 251 g/mol. The third-order valence-corrected chi connectivity index (χ3v) is 3.90. The Labute approximate surface area is 112 Å². The Morgan fingerprint density at radius 2 is 1.95 bits per heavy atom. The molecule has 1 nitrogen and oxygen atoms in total. The van der Waals surface area contributed by atoms with Crippen molar-refractivity contribution in [3.05, 3.63) is 35.4 Å². The molecule has 0 amide bonds. The van der Waals surface area contributed by atoms with E-state index in [1.807, 2.05) is 6.92 Å². The summed E-state index contributed by atoms with van der Waals surface area (Å²) in [6.07, 6.45) is 0.778. The van der Waals surface area contributed by atoms with Gasteiger partial charge in [0, 0.05) is 6.04 Å². The van der Waals surface area contributed by atoms with Crippen LogP contribution in [0.25, 0.3) is 0 Å². The van der Waals surface area contributed by atoms with Gasteiger partial charge >= 0.3 is 6.18 Å². The quantitative estimate of drug-likeness (QED) is 0.847. The summed E-state index contributed by atoms with van der Waals surface area (Å²) in [4.78, 5) is 0. The van der Waals surface area contributed by atoms with Crippen LogP contribution in [0.4, 0.5) is 13.2 Å². The van der Waals surface area contributed by atoms with Gasteiger partial charge in [-0.15, -0.1) is 0 Å². The molecule has 4 heteroatoms. The average molecular weight is 271 g/mol. The summed E-state index contributed by atoms with van der Waals surface area (Å²) in [5, 5.41) is 3.35. The maximum atomic E-state index is 12.6. The Morgan fingerprint density at radius 1 is 1.26 bits per heavy atom. The van der Waals surface area contributed by atoms with Crippen LogP contribution in [0.2, 0.25) is 0 Å². The molecule has 1 atom stereocenters. The molecule has 1 fully saturated rings. The van der Waals surface area contributed by atoms with Gasteiger partial charge in [0.1, 0.15) is 0 Å². The normalized spacial score (nSPS) is 18.7. The summed E-state index contributed by atoms with van der Waals surface area (Å²) in [6, 6.07) is 5.55. The predicted octanol–water partition coefficient (Wildman–Crippen LogP) is 4.55. The van der Waals surface area contributed by atoms with Gasteiger partial charge in [0.2, 0.25) is 0 Å². The van der Waals surface area contributed by atoms with Crippen molar-refractivity contribution in [2.45, 2.75) is 44.8 Å². The van der Waals surface area contributed by atoms with Crippen molar-refractivity contribution in [2.24, 2.45) is 5.92 Å². The van der Waals surface area contributed by atoms with Crippen molar-refractivity contribution < 1.29 is 13.2 Å². The number of nitrogens with one attached hydrogen (secondary N) is 1. The molecule has 106 valence electrons. The highest BCUT2D eigenvalue weighted by atomic mass is 19.4. The van der Waals surface area contributed by atoms with Gasteiger partial charge in [0.25, 0.3) is 0 Å². The number of rotatable bonds is 4. The van der Waals surface area contributed by atoms with Crippen LogP contribution in [0, 0.1) is 5.92 Å². The zero-order valence-corrected chi connectivity index (χ0v) is 11.1. The van der Waals surface area contributed by atoms with Crippen molar-refractivity contribution in [2.75, 3.05) is 6.54 Å². The summed E-state index contributed by atoms with van der Waals surface area (Å²) in [6.45, 7) is 2.82. The van der Waals surface area contributed by atoms with Crippen molar-refractivity contribution >= 4 is 0 Å². The first kappa shape index (κ1) is 14.4. The van der Waals surface area contributed by atoms with E-state index in [1.165, 1.54) is 37.8 Å². The fraction of sp³-hybridized carbons (Fsp3) is 0.600. The van der Waals surface area contributed by atoms with Crippen LogP contribution in [0.15, 0.2) is 24.3 Å². The van der Waals surface area contributed by atoms with E-state index in [-0.39, 0.29) is 6.04 Å². The summed E-state index contributed by atoms with van der Waals surface area (Å²) in [7, 11) is 0. The van der Waals surface area contributed by atoms with Gasteiger partial charge in [-0.1, -0.05) is 25.0 Å². The number of halogens is 3. The van der Waals surface area contributed by atoms with Crippen LogP contribution in [0.1, 0.15) is 49.8 Å². The molecule has 0 aliphatic heterocycles. The van der Waals surface area contributed by atoms with Crippen molar-refractivity contribution in [3.8, 4) is 0 Å². The van der Waals surface area contributed by atoms with Crippen LogP contribution in [-0.2, 0) is 6.18 Å². The van der Waals surface area contributed by atoms with E-state index >= 15 is 0 Å². The van der Waals surface area contributed by atoms with Crippen LogP contribution < -0.4 is 5.32 Å². The van der Waals surface area contributed by atoms with E-state index in [9.17, 15) is 13.2 Å². The summed E-state index contributed by atoms with van der Waals surface area (Å²) in [5.74, 6) is 0.688. The molecule has 0 saturated heterocycles. The molecule has 1 aromatic carbocycles. The van der Waals surface area contributed by atoms with E-state index < -0.39 is 11.7 Å². The zero-order chi connectivity index (χ0) is 13.9. The van der Waals surface area contributed by atoms with Gasteiger partial charge in [0.05, 0.1) is 5.56 Å². The Balaban J connectivity index is 1.96. The Hall–Kier alpha value is -1.03. The fourth-order valence-electron chi connectivity index (χ4n) is 2.66. The van der Waals surface area contributed by atoms with Gasteiger partial charge in [-0.2, -0.15) is 13.2 Å². The largest absolute Gasteiger partial charge is 0.416 e. The first-order valence-electron chi connectivity index (χ1n) is 6.87. The minimum atomic E-state index is -4.26. The maximum absolute atomic E-state index is 12.6. The lowest BCUT2D eigenvalue weighted by molar-refractivity contribution is -0.137. The maximum Gasteiger partial charge on any atom is 0.416 e. The van der Waals surface area contributed by atoms with E-state index in [0.29, 0.717) is 11.5 Å². The number of hydrogen-bond acceptors (Lipinski definition) is 1. The minimum Gasteiger partial charge on any atom is -0.310 e. The van der Waals surface area contributed by atoms with Crippen molar-refractivity contribution in [1.82, 2.24) is 5.32 Å². The summed E-state index contributed by atoms with van der Waals surface area (Å²) >= 11 is 0. The van der Waals surface area contributed by atoms with Crippen LogP contribution >= 0.6 is 0 Å². The lowest BCUT2D eigenvalue weighted by Crippen LogP contribution is -2.24. The standard InChI is InChI=1S/C15H20F3N/c1-11(19-10-12-5-2-3-6-12)13-7-4-8-14(9-13)15(16,17)18/h4,7-9,11-12,19H,2-3,5-6,10H2,1H3. The van der Waals surface area contributed by atoms with E-state index in [2.05, 4.69) is 5.32 Å². The summed E-state index contributed by atoms with van der Waals surface area (Å²) < 4.78 is 37.9. The first-order valence-corrected chi connectivity index (χ1v) is 6.87. The molecule has 0 heterocycles. The molecule has 0 radical (unpaired) electrons. The third kappa shape index (κ3) is 3.96. The van der Waals surface area contributed by atoms with E-state index in [4.69, 9.17) is 0 Å². The minimum absolute atomic E-state index is 0.0390. The molecule has 1 aliphatic carbocycles. The molecule has 1 saturated carbocycles. The van der Waals surface area contributed by atoms with Crippen molar-refractivity contribution in [3.63, 3.8) is 0 Å². The van der Waals surface area contributed by atoms with Crippen LogP contribution in [0.3, 0.4) is 0 Å². The van der Waals surface area contributed by atoms with Crippen LogP contribution in [-0.4, -0.2) is 6.54 Å². The fourth-order valence-corrected chi connectivity index (χ4v) is 2.66. The second-order valence-electron chi connectivity index (χ2n) is 5.40. The first-order chi connectivity index (χ1) is 8.97. The van der Waals surface area contributed by atoms with E-state index in [0.717, 1.165) is 12.6 Å². The Bertz CT molecular complexity index is 408. The summed E-state index contributed by atoms with van der Waals surface area (Å²) in [5.41, 5.74) is 0.132. The molecule has 0 spiro atoms. The van der Waals surface area contributed by atoms with Gasteiger partial charge in [0.15, 0.2) is 0 Å². The molecule has 19 heavy (non-hydrogen) atoms. The third-order valence-electron chi connectivity index (χ3n) is 3.90. The second-order valence-corrected chi connectivity index (χ2v) is 5.40. The van der Waals surface area contributed by atoms with Crippen molar-refractivity contribution in [1.29, 1.82) is 0 Å². The van der Waals surface area contributed by atoms with Gasteiger partial charge in [-0.25, -0.2) is 0 Å². The number of hydrogen-bond donors (Lipinski definition) is 1. The topological polar surface area (TPSA) is 12.0 Å². The average Bonchev–Trinajstić information content (AvgIpc) is 2.88. The molecule has 1 aromatic rings. The highest BCUT2D eigenvalue weighted by Gasteiger charge is 2.30. The molecular formula is C15H20F3N. The van der Waals surface area contributed by atoms with Crippen LogP contribution in [0.5, 0.6) is 0 Å². The monoisotopic (exact) mass is 271 g/mol. The van der Waals surface area contributed by atoms with Gasteiger partial charge in [-0.05, 0) is 49.9 Å². The Morgan fingerprint density at radius 3 is 2.58 bits per heavy atom. The van der Waals surface area contributed by atoms with Gasteiger partial charge in [-0.3, -0.25) is 0 Å². The SMILES string of the molecule is CC(NCC1CCCC1)c1cccc(C(F)(F)F)c1. The lowest BCUT2D eigenvalue weighted by atomic mass is 10.0. The van der Waals surface area contributed by atoms with Gasteiger partial charge < -0.3 is 5.32 Å². The number of benzene rings is 1. The zero-order valence-electron chi connectivity index (χ0n) is 11.1. The smallest absolute Gasteiger partial charge is 0.310 e. The highest BCUT2D eigenvalue weighted by molar-refractivity contribution is 5.27. The molecule has 1 unspecified atom stereocenters. The predicted molar refractivity (Wildman–Crippen MR) is 69.8 cm³/mol. The molecule has 0 aromatic heterocycles. The highest BCUT2D eigenvalue weighted by Crippen LogP contribution is 2.31. The lowest BCUT2D eigenvalue weighted by Gasteiger charge is -2.18. The molecule has 0 bridgehead atoms. The van der Waals surface area contributed by atoms with E-state index in [1.54, 1.807) is 6.07 Å². The Kier molecular flexibility index (Phi) is 4.50. The molecule has 1 aliphatic rings. The molecule has 1 N–H and O–H groups in total. The molecule has 2 rings (SSSR count). The number of alkyl halides is 3.